The maximum absolute atomic E-state index is 11.3. The van der Waals surface area contributed by atoms with Crippen LogP contribution in [-0.4, -0.2) is 29.7 Å². The van der Waals surface area contributed by atoms with Gasteiger partial charge in [0.05, 0.1) is 23.0 Å². The summed E-state index contributed by atoms with van der Waals surface area (Å²) in [6, 6.07) is 4.03. The minimum atomic E-state index is -3.35. The molecule has 0 atom stereocenters. The largest absolute Gasteiger partial charge is 0.507 e. The molecule has 5 nitrogen and oxygen atoms in total. The van der Waals surface area contributed by atoms with E-state index in [1.165, 1.54) is 30.6 Å². The zero-order valence-corrected chi connectivity index (χ0v) is 10.9. The van der Waals surface area contributed by atoms with Gasteiger partial charge in [-0.1, -0.05) is 11.6 Å². The summed E-state index contributed by atoms with van der Waals surface area (Å²) in [7, 11) is -3.35. The SMILES string of the molecule is CS(=O)(=O)c1ccc(-c2cncc(Cl)n2)c(O)c1. The third kappa shape index (κ3) is 2.60. The Morgan fingerprint density at radius 1 is 1.28 bits per heavy atom. The Morgan fingerprint density at radius 3 is 2.56 bits per heavy atom. The lowest BCUT2D eigenvalue weighted by Crippen LogP contribution is -1.97. The Morgan fingerprint density at radius 2 is 2.00 bits per heavy atom. The summed E-state index contributed by atoms with van der Waals surface area (Å²) < 4.78 is 22.7. The highest BCUT2D eigenvalue weighted by atomic mass is 35.5. The fourth-order valence-electron chi connectivity index (χ4n) is 1.43. The predicted octanol–water partition coefficient (Wildman–Crippen LogP) is 1.91. The topological polar surface area (TPSA) is 80.2 Å². The van der Waals surface area contributed by atoms with Crippen LogP contribution < -0.4 is 0 Å². The Bertz CT molecular complexity index is 701. The Kier molecular flexibility index (Phi) is 3.23. The highest BCUT2D eigenvalue weighted by Gasteiger charge is 2.12. The molecule has 2 rings (SSSR count). The summed E-state index contributed by atoms with van der Waals surface area (Å²) in [6.45, 7) is 0. The van der Waals surface area contributed by atoms with Gasteiger partial charge in [0.1, 0.15) is 10.9 Å². The van der Waals surface area contributed by atoms with E-state index in [1.807, 2.05) is 0 Å². The Balaban J connectivity index is 2.55. The van der Waals surface area contributed by atoms with Crippen LogP contribution in [0.2, 0.25) is 5.15 Å². The monoisotopic (exact) mass is 284 g/mol. The first-order chi connectivity index (χ1) is 8.38. The molecule has 0 bridgehead atoms. The van der Waals surface area contributed by atoms with E-state index < -0.39 is 9.84 Å². The molecule has 0 saturated heterocycles. The van der Waals surface area contributed by atoms with E-state index in [0.717, 1.165) is 6.26 Å². The van der Waals surface area contributed by atoms with Crippen LogP contribution in [0.15, 0.2) is 35.5 Å². The van der Waals surface area contributed by atoms with Crippen LogP contribution in [0.3, 0.4) is 0 Å². The van der Waals surface area contributed by atoms with Gasteiger partial charge in [0.2, 0.25) is 0 Å². The number of phenolic OH excluding ortho intramolecular Hbond substituents is 1. The van der Waals surface area contributed by atoms with Gasteiger partial charge in [0.25, 0.3) is 0 Å². The second-order valence-electron chi connectivity index (χ2n) is 3.68. The summed E-state index contributed by atoms with van der Waals surface area (Å²) in [5.41, 5.74) is 0.748. The third-order valence-corrected chi connectivity index (χ3v) is 3.57. The normalized spacial score (nSPS) is 11.4. The third-order valence-electron chi connectivity index (χ3n) is 2.28. The van der Waals surface area contributed by atoms with E-state index in [2.05, 4.69) is 9.97 Å². The molecule has 18 heavy (non-hydrogen) atoms. The molecule has 1 aromatic carbocycles. The molecule has 0 spiro atoms. The number of aromatic nitrogens is 2. The van der Waals surface area contributed by atoms with E-state index in [4.69, 9.17) is 11.6 Å². The summed E-state index contributed by atoms with van der Waals surface area (Å²) >= 11 is 5.70. The number of benzene rings is 1. The molecule has 0 aliphatic rings. The quantitative estimate of drug-likeness (QED) is 0.911. The standard InChI is InChI=1S/C11H9ClN2O3S/c1-18(16,17)7-2-3-8(10(15)4-7)9-5-13-6-11(12)14-9/h2-6,15H,1H3. The molecule has 0 amide bonds. The highest BCUT2D eigenvalue weighted by molar-refractivity contribution is 7.90. The fraction of sp³-hybridized carbons (Fsp3) is 0.0909. The van der Waals surface area contributed by atoms with Gasteiger partial charge >= 0.3 is 0 Å². The van der Waals surface area contributed by atoms with Crippen LogP contribution in [0.25, 0.3) is 11.3 Å². The predicted molar refractivity (Wildman–Crippen MR) is 67.3 cm³/mol. The second kappa shape index (κ2) is 4.55. The zero-order chi connectivity index (χ0) is 13.3. The van der Waals surface area contributed by atoms with Crippen molar-refractivity contribution in [2.45, 2.75) is 4.90 Å². The molecule has 7 heteroatoms. The van der Waals surface area contributed by atoms with Crippen LogP contribution in [0, 0.1) is 0 Å². The average Bonchev–Trinajstić information content (AvgIpc) is 2.27. The molecule has 0 unspecified atom stereocenters. The molecular weight excluding hydrogens is 276 g/mol. The van der Waals surface area contributed by atoms with E-state index in [1.54, 1.807) is 0 Å². The first-order valence-corrected chi connectivity index (χ1v) is 7.16. The molecule has 0 radical (unpaired) electrons. The summed E-state index contributed by atoms with van der Waals surface area (Å²) in [5.74, 6) is -0.186. The van der Waals surface area contributed by atoms with E-state index >= 15 is 0 Å². The number of rotatable bonds is 2. The van der Waals surface area contributed by atoms with Crippen molar-refractivity contribution < 1.29 is 13.5 Å². The first-order valence-electron chi connectivity index (χ1n) is 4.89. The minimum absolute atomic E-state index is 0.0405. The van der Waals surface area contributed by atoms with Crippen molar-refractivity contribution in [3.63, 3.8) is 0 Å². The summed E-state index contributed by atoms with van der Waals surface area (Å²) in [4.78, 5) is 7.88. The lowest BCUT2D eigenvalue weighted by molar-refractivity contribution is 0.475. The minimum Gasteiger partial charge on any atom is -0.507 e. The smallest absolute Gasteiger partial charge is 0.175 e. The molecular formula is C11H9ClN2O3S. The van der Waals surface area contributed by atoms with Crippen LogP contribution in [0.5, 0.6) is 5.75 Å². The molecule has 1 N–H and O–H groups in total. The number of nitrogens with zero attached hydrogens (tertiary/aromatic N) is 2. The van der Waals surface area contributed by atoms with Crippen LogP contribution in [0.1, 0.15) is 0 Å². The van der Waals surface area contributed by atoms with Gasteiger partial charge in [-0.25, -0.2) is 13.4 Å². The summed E-state index contributed by atoms with van der Waals surface area (Å²) in [5, 5.41) is 10.0. The van der Waals surface area contributed by atoms with E-state index in [0.29, 0.717) is 11.3 Å². The van der Waals surface area contributed by atoms with Gasteiger partial charge in [-0.15, -0.1) is 0 Å². The fourth-order valence-corrected chi connectivity index (χ4v) is 2.22. The second-order valence-corrected chi connectivity index (χ2v) is 6.08. The van der Waals surface area contributed by atoms with Gasteiger partial charge < -0.3 is 5.11 Å². The first kappa shape index (κ1) is 12.8. The van der Waals surface area contributed by atoms with Crippen molar-refractivity contribution in [2.75, 3.05) is 6.26 Å². The lowest BCUT2D eigenvalue weighted by atomic mass is 10.1. The van der Waals surface area contributed by atoms with Gasteiger partial charge in [-0.2, -0.15) is 0 Å². The molecule has 1 heterocycles. The highest BCUT2D eigenvalue weighted by Crippen LogP contribution is 2.30. The lowest BCUT2D eigenvalue weighted by Gasteiger charge is -2.05. The molecule has 0 fully saturated rings. The van der Waals surface area contributed by atoms with Crippen LogP contribution in [-0.2, 0) is 9.84 Å². The molecule has 1 aromatic heterocycles. The maximum atomic E-state index is 11.3. The maximum Gasteiger partial charge on any atom is 0.175 e. The van der Waals surface area contributed by atoms with Crippen molar-refractivity contribution in [3.8, 4) is 17.0 Å². The van der Waals surface area contributed by atoms with Gasteiger partial charge in [-0.3, -0.25) is 4.98 Å². The number of aromatic hydroxyl groups is 1. The number of phenols is 1. The number of hydrogen-bond donors (Lipinski definition) is 1. The molecule has 0 aliphatic heterocycles. The summed E-state index contributed by atoms with van der Waals surface area (Å²) in [6.07, 6.45) is 3.87. The van der Waals surface area contributed by atoms with Crippen molar-refractivity contribution in [1.82, 2.24) is 9.97 Å². The number of halogens is 1. The van der Waals surface area contributed by atoms with Crippen LogP contribution in [0.4, 0.5) is 0 Å². The number of hydrogen-bond acceptors (Lipinski definition) is 5. The molecule has 2 aromatic rings. The van der Waals surface area contributed by atoms with Crippen molar-refractivity contribution >= 4 is 21.4 Å². The van der Waals surface area contributed by atoms with Gasteiger partial charge in [-0.05, 0) is 18.2 Å². The van der Waals surface area contributed by atoms with Crippen molar-refractivity contribution in [1.29, 1.82) is 0 Å². The molecule has 94 valence electrons. The van der Waals surface area contributed by atoms with Gasteiger partial charge in [0.15, 0.2) is 9.84 Å². The molecule has 0 aliphatic carbocycles. The van der Waals surface area contributed by atoms with Crippen molar-refractivity contribution in [2.24, 2.45) is 0 Å². The Hall–Kier alpha value is -1.66. The van der Waals surface area contributed by atoms with E-state index in [9.17, 15) is 13.5 Å². The van der Waals surface area contributed by atoms with E-state index in [-0.39, 0.29) is 15.8 Å². The zero-order valence-electron chi connectivity index (χ0n) is 9.33. The van der Waals surface area contributed by atoms with Crippen molar-refractivity contribution in [3.05, 3.63) is 35.7 Å². The average molecular weight is 285 g/mol. The van der Waals surface area contributed by atoms with Crippen LogP contribution >= 0.6 is 11.6 Å². The molecule has 0 saturated carbocycles. The Labute approximate surface area is 109 Å². The van der Waals surface area contributed by atoms with Gasteiger partial charge in [0, 0.05) is 11.8 Å². The number of sulfone groups is 1.